The highest BCUT2D eigenvalue weighted by Crippen LogP contribution is 2.07. The third-order valence-corrected chi connectivity index (χ3v) is 2.41. The molecule has 0 rings (SSSR count). The molecule has 0 aliphatic heterocycles. The average Bonchev–Trinajstić information content (AvgIpc) is 2.20. The van der Waals surface area contributed by atoms with Crippen molar-refractivity contribution in [3.05, 3.63) is 12.2 Å². The molecule has 16 heavy (non-hydrogen) atoms. The molecule has 0 fully saturated rings. The molecular weight excluding hydrogens is 204 g/mol. The van der Waals surface area contributed by atoms with E-state index in [2.05, 4.69) is 6.08 Å². The van der Waals surface area contributed by atoms with E-state index in [1.807, 2.05) is 6.08 Å². The Morgan fingerprint density at radius 3 is 2.38 bits per heavy atom. The van der Waals surface area contributed by atoms with E-state index in [-0.39, 0.29) is 6.10 Å². The molecule has 0 radical (unpaired) electrons. The van der Waals surface area contributed by atoms with Crippen molar-refractivity contribution in [2.75, 3.05) is 0 Å². The minimum Gasteiger partial charge on any atom is -0.481 e. The summed E-state index contributed by atoms with van der Waals surface area (Å²) in [6.07, 6.45) is 11.3. The van der Waals surface area contributed by atoms with Crippen molar-refractivity contribution in [3.8, 4) is 0 Å². The van der Waals surface area contributed by atoms with Gasteiger partial charge in [-0.3, -0.25) is 4.79 Å². The molecule has 3 nitrogen and oxygen atoms in total. The molecule has 0 aliphatic rings. The Balaban J connectivity index is 3.09. The molecule has 0 aliphatic carbocycles. The minimum atomic E-state index is -0.693. The van der Waals surface area contributed by atoms with Crippen LogP contribution in [0, 0.1) is 0 Å². The smallest absolute Gasteiger partial charge is 0.303 e. The highest BCUT2D eigenvalue weighted by Gasteiger charge is 1.95. The first-order valence-corrected chi connectivity index (χ1v) is 6.17. The van der Waals surface area contributed by atoms with Gasteiger partial charge in [0.15, 0.2) is 0 Å². The summed E-state index contributed by atoms with van der Waals surface area (Å²) >= 11 is 0. The van der Waals surface area contributed by atoms with Gasteiger partial charge in [-0.15, -0.1) is 0 Å². The monoisotopic (exact) mass is 228 g/mol. The Hall–Kier alpha value is -0.830. The fraction of sp³-hybridized carbons (Fsp3) is 0.769. The largest absolute Gasteiger partial charge is 0.481 e. The van der Waals surface area contributed by atoms with Gasteiger partial charge in [0.1, 0.15) is 0 Å². The number of aliphatic carboxylic acids is 1. The standard InChI is InChI=1S/C13H24O3/c1-12(14)10-8-6-4-2-3-5-7-9-11-13(15)16/h6,8,12,14H,2-5,7,9-11H2,1H3,(H,15,16)/b8-6+. The van der Waals surface area contributed by atoms with Gasteiger partial charge in [-0.1, -0.05) is 31.4 Å². The van der Waals surface area contributed by atoms with Crippen molar-refractivity contribution < 1.29 is 15.0 Å². The van der Waals surface area contributed by atoms with E-state index < -0.39 is 5.97 Å². The Kier molecular flexibility index (Phi) is 10.1. The molecule has 94 valence electrons. The molecule has 3 heteroatoms. The number of unbranched alkanes of at least 4 members (excludes halogenated alkanes) is 5. The third kappa shape index (κ3) is 13.2. The molecule has 2 N–H and O–H groups in total. The van der Waals surface area contributed by atoms with Crippen molar-refractivity contribution in [1.29, 1.82) is 0 Å². The second kappa shape index (κ2) is 10.7. The van der Waals surface area contributed by atoms with E-state index in [0.29, 0.717) is 6.42 Å². The van der Waals surface area contributed by atoms with Crippen LogP contribution in [-0.4, -0.2) is 22.3 Å². The average molecular weight is 228 g/mol. The van der Waals surface area contributed by atoms with Gasteiger partial charge in [0, 0.05) is 6.42 Å². The number of carboxylic acid groups (broad SMARTS) is 1. The fourth-order valence-corrected chi connectivity index (χ4v) is 1.48. The number of aliphatic hydroxyl groups excluding tert-OH is 1. The summed E-state index contributed by atoms with van der Waals surface area (Å²) in [5.74, 6) is -0.693. The highest BCUT2D eigenvalue weighted by molar-refractivity contribution is 5.66. The van der Waals surface area contributed by atoms with E-state index in [4.69, 9.17) is 10.2 Å². The SMILES string of the molecule is CC(O)C/C=C/CCCCCCCC(=O)O. The Labute approximate surface area is 98.2 Å². The summed E-state index contributed by atoms with van der Waals surface area (Å²) in [7, 11) is 0. The van der Waals surface area contributed by atoms with E-state index in [1.54, 1.807) is 6.92 Å². The summed E-state index contributed by atoms with van der Waals surface area (Å²) in [6.45, 7) is 1.78. The lowest BCUT2D eigenvalue weighted by molar-refractivity contribution is -0.137. The lowest BCUT2D eigenvalue weighted by atomic mass is 10.1. The first-order chi connectivity index (χ1) is 7.63. The third-order valence-electron chi connectivity index (χ3n) is 2.41. The first-order valence-electron chi connectivity index (χ1n) is 6.17. The fourth-order valence-electron chi connectivity index (χ4n) is 1.48. The number of aliphatic hydroxyl groups is 1. The normalized spacial score (nSPS) is 13.1. The topological polar surface area (TPSA) is 57.5 Å². The summed E-state index contributed by atoms with van der Waals surface area (Å²) < 4.78 is 0. The molecule has 0 aromatic carbocycles. The zero-order valence-corrected chi connectivity index (χ0v) is 10.2. The number of hydrogen-bond acceptors (Lipinski definition) is 2. The van der Waals surface area contributed by atoms with Crippen LogP contribution in [0.2, 0.25) is 0 Å². The molecule has 0 amide bonds. The summed E-state index contributed by atoms with van der Waals surface area (Å²) in [5.41, 5.74) is 0. The molecule has 0 aromatic rings. The lowest BCUT2D eigenvalue weighted by Gasteiger charge is -1.99. The van der Waals surface area contributed by atoms with Gasteiger partial charge in [-0.05, 0) is 32.6 Å². The molecule has 0 saturated carbocycles. The molecule has 0 saturated heterocycles. The number of carbonyl (C=O) groups is 1. The van der Waals surface area contributed by atoms with E-state index in [0.717, 1.165) is 38.5 Å². The van der Waals surface area contributed by atoms with Gasteiger partial charge < -0.3 is 10.2 Å². The zero-order valence-electron chi connectivity index (χ0n) is 10.2. The highest BCUT2D eigenvalue weighted by atomic mass is 16.4. The van der Waals surface area contributed by atoms with Gasteiger partial charge in [0.05, 0.1) is 6.10 Å². The quantitative estimate of drug-likeness (QED) is 0.446. The van der Waals surface area contributed by atoms with Crippen LogP contribution in [0.4, 0.5) is 0 Å². The van der Waals surface area contributed by atoms with Crippen LogP contribution in [0.15, 0.2) is 12.2 Å². The predicted molar refractivity (Wildman–Crippen MR) is 65.4 cm³/mol. The van der Waals surface area contributed by atoms with Gasteiger partial charge >= 0.3 is 5.97 Å². The van der Waals surface area contributed by atoms with Crippen molar-refractivity contribution in [2.24, 2.45) is 0 Å². The maximum Gasteiger partial charge on any atom is 0.303 e. The van der Waals surface area contributed by atoms with Crippen LogP contribution in [0.1, 0.15) is 58.3 Å². The van der Waals surface area contributed by atoms with E-state index in [9.17, 15) is 4.79 Å². The van der Waals surface area contributed by atoms with Crippen LogP contribution >= 0.6 is 0 Å². The molecule has 0 spiro atoms. The lowest BCUT2D eigenvalue weighted by Crippen LogP contribution is -1.95. The van der Waals surface area contributed by atoms with Gasteiger partial charge in [0.2, 0.25) is 0 Å². The second-order valence-corrected chi connectivity index (χ2v) is 4.26. The van der Waals surface area contributed by atoms with Crippen molar-refractivity contribution in [3.63, 3.8) is 0 Å². The van der Waals surface area contributed by atoms with Crippen molar-refractivity contribution >= 4 is 5.97 Å². The van der Waals surface area contributed by atoms with Crippen LogP contribution in [0.5, 0.6) is 0 Å². The first kappa shape index (κ1) is 15.2. The molecular formula is C13H24O3. The van der Waals surface area contributed by atoms with E-state index in [1.165, 1.54) is 6.42 Å². The molecule has 1 unspecified atom stereocenters. The Morgan fingerprint density at radius 2 is 1.75 bits per heavy atom. The van der Waals surface area contributed by atoms with Crippen LogP contribution in [-0.2, 0) is 4.79 Å². The molecule has 0 bridgehead atoms. The molecule has 1 atom stereocenters. The van der Waals surface area contributed by atoms with Gasteiger partial charge in [-0.2, -0.15) is 0 Å². The number of allylic oxidation sites excluding steroid dienone is 1. The molecule has 0 aromatic heterocycles. The van der Waals surface area contributed by atoms with Crippen molar-refractivity contribution in [2.45, 2.75) is 64.4 Å². The maximum atomic E-state index is 10.2. The number of hydrogen-bond donors (Lipinski definition) is 2. The zero-order chi connectivity index (χ0) is 12.2. The summed E-state index contributed by atoms with van der Waals surface area (Å²) in [6, 6.07) is 0. The minimum absolute atomic E-state index is 0.243. The molecule has 0 heterocycles. The van der Waals surface area contributed by atoms with Crippen LogP contribution < -0.4 is 0 Å². The maximum absolute atomic E-state index is 10.2. The van der Waals surface area contributed by atoms with E-state index >= 15 is 0 Å². The van der Waals surface area contributed by atoms with Crippen molar-refractivity contribution in [1.82, 2.24) is 0 Å². The Morgan fingerprint density at radius 1 is 1.12 bits per heavy atom. The van der Waals surface area contributed by atoms with Gasteiger partial charge in [-0.25, -0.2) is 0 Å². The second-order valence-electron chi connectivity index (χ2n) is 4.26. The van der Waals surface area contributed by atoms with Gasteiger partial charge in [0.25, 0.3) is 0 Å². The summed E-state index contributed by atoms with van der Waals surface area (Å²) in [4.78, 5) is 10.2. The Bertz CT molecular complexity index is 197. The predicted octanol–water partition coefficient (Wildman–Crippen LogP) is 3.13. The van der Waals surface area contributed by atoms with Crippen LogP contribution in [0.3, 0.4) is 0 Å². The summed E-state index contributed by atoms with van der Waals surface area (Å²) in [5, 5.41) is 17.4. The number of rotatable bonds is 10. The van der Waals surface area contributed by atoms with Crippen LogP contribution in [0.25, 0.3) is 0 Å². The number of carboxylic acids is 1.